The highest BCUT2D eigenvalue weighted by atomic mass is 32.2. The van der Waals surface area contributed by atoms with Gasteiger partial charge < -0.3 is 4.42 Å². The van der Waals surface area contributed by atoms with Gasteiger partial charge in [0.15, 0.2) is 0 Å². The van der Waals surface area contributed by atoms with E-state index in [2.05, 4.69) is 17.1 Å². The lowest BCUT2D eigenvalue weighted by molar-refractivity contribution is 0.441. The standard InChI is InChI=1S/C9H8N2OS2/c1-6-2-4-7(5-3-6)14-9-11-10-8(13)12-9/h2-5H,1H3,(H,10,13). The zero-order chi connectivity index (χ0) is 9.97. The zero-order valence-electron chi connectivity index (χ0n) is 7.48. The molecule has 1 N–H and O–H groups in total. The number of hydrogen-bond donors (Lipinski definition) is 1. The molecule has 0 saturated heterocycles. The summed E-state index contributed by atoms with van der Waals surface area (Å²) in [6, 6.07) is 8.13. The number of nitrogens with zero attached hydrogens (tertiary/aromatic N) is 1. The molecule has 0 aliphatic carbocycles. The van der Waals surface area contributed by atoms with Gasteiger partial charge >= 0.3 is 0 Å². The first-order valence-corrected chi connectivity index (χ1v) is 5.26. The van der Waals surface area contributed by atoms with Gasteiger partial charge in [-0.15, -0.1) is 5.10 Å². The molecule has 0 fully saturated rings. The van der Waals surface area contributed by atoms with Crippen molar-refractivity contribution in [3.63, 3.8) is 0 Å². The Morgan fingerprint density at radius 2 is 2.07 bits per heavy atom. The number of nitrogens with one attached hydrogen (secondary N) is 1. The van der Waals surface area contributed by atoms with Crippen LogP contribution in [0.4, 0.5) is 0 Å². The van der Waals surface area contributed by atoms with Crippen LogP contribution in [0.15, 0.2) is 38.8 Å². The Kier molecular flexibility index (Phi) is 2.69. The topological polar surface area (TPSA) is 41.8 Å². The smallest absolute Gasteiger partial charge is 0.284 e. The highest BCUT2D eigenvalue weighted by Crippen LogP contribution is 2.25. The predicted octanol–water partition coefficient (Wildman–Crippen LogP) is 3.19. The lowest BCUT2D eigenvalue weighted by atomic mass is 10.2. The van der Waals surface area contributed by atoms with Gasteiger partial charge in [-0.1, -0.05) is 17.7 Å². The quantitative estimate of drug-likeness (QED) is 0.795. The summed E-state index contributed by atoms with van der Waals surface area (Å²) in [6.07, 6.45) is 0. The van der Waals surface area contributed by atoms with Gasteiger partial charge in [-0.25, -0.2) is 5.10 Å². The fourth-order valence-corrected chi connectivity index (χ4v) is 1.83. The van der Waals surface area contributed by atoms with Crippen LogP contribution in [0.25, 0.3) is 0 Å². The molecule has 0 bridgehead atoms. The van der Waals surface area contributed by atoms with Crippen molar-refractivity contribution >= 4 is 24.0 Å². The van der Waals surface area contributed by atoms with Crippen LogP contribution in [0.3, 0.4) is 0 Å². The highest BCUT2D eigenvalue weighted by molar-refractivity contribution is 7.99. The van der Waals surface area contributed by atoms with Crippen LogP contribution < -0.4 is 0 Å². The number of aromatic amines is 1. The molecular formula is C9H8N2OS2. The molecule has 0 amide bonds. The molecule has 0 unspecified atom stereocenters. The molecule has 2 rings (SSSR count). The Bertz CT molecular complexity index is 472. The summed E-state index contributed by atoms with van der Waals surface area (Å²) in [7, 11) is 0. The number of hydrogen-bond acceptors (Lipinski definition) is 4. The third kappa shape index (κ3) is 2.24. The molecule has 14 heavy (non-hydrogen) atoms. The van der Waals surface area contributed by atoms with Crippen LogP contribution in [0.1, 0.15) is 5.56 Å². The summed E-state index contributed by atoms with van der Waals surface area (Å²) >= 11 is 6.21. The Labute approximate surface area is 90.5 Å². The van der Waals surface area contributed by atoms with Gasteiger partial charge in [-0.3, -0.25) is 0 Å². The predicted molar refractivity (Wildman–Crippen MR) is 57.0 cm³/mol. The molecule has 3 nitrogen and oxygen atoms in total. The van der Waals surface area contributed by atoms with E-state index in [0.29, 0.717) is 10.1 Å². The number of benzene rings is 1. The second kappa shape index (κ2) is 3.98. The van der Waals surface area contributed by atoms with Crippen molar-refractivity contribution in [1.29, 1.82) is 0 Å². The van der Waals surface area contributed by atoms with Crippen molar-refractivity contribution in [3.8, 4) is 0 Å². The molecule has 2 aromatic rings. The van der Waals surface area contributed by atoms with Gasteiger partial charge in [0.1, 0.15) is 0 Å². The SMILES string of the molecule is Cc1ccc(Sc2n[nH]c(=S)o2)cc1. The van der Waals surface area contributed by atoms with Gasteiger partial charge in [-0.2, -0.15) is 0 Å². The minimum Gasteiger partial charge on any atom is -0.404 e. The Hall–Kier alpha value is -1.07. The first-order chi connectivity index (χ1) is 6.74. The molecule has 0 spiro atoms. The second-order valence-corrected chi connectivity index (χ2v) is 4.19. The molecular weight excluding hydrogens is 216 g/mol. The maximum absolute atomic E-state index is 5.13. The highest BCUT2D eigenvalue weighted by Gasteiger charge is 2.01. The Morgan fingerprint density at radius 1 is 1.36 bits per heavy atom. The van der Waals surface area contributed by atoms with E-state index < -0.39 is 0 Å². The van der Waals surface area contributed by atoms with Crippen molar-refractivity contribution in [2.45, 2.75) is 17.0 Å². The van der Waals surface area contributed by atoms with Gasteiger partial charge in [0, 0.05) is 4.90 Å². The van der Waals surface area contributed by atoms with Gasteiger partial charge in [0.2, 0.25) is 0 Å². The number of H-pyrrole nitrogens is 1. The van der Waals surface area contributed by atoms with E-state index >= 15 is 0 Å². The van der Waals surface area contributed by atoms with E-state index in [4.69, 9.17) is 16.6 Å². The average molecular weight is 224 g/mol. The van der Waals surface area contributed by atoms with Crippen LogP contribution in [-0.2, 0) is 0 Å². The number of aromatic nitrogens is 2. The minimum absolute atomic E-state index is 0.305. The van der Waals surface area contributed by atoms with E-state index in [1.807, 2.05) is 24.3 Å². The van der Waals surface area contributed by atoms with E-state index in [1.165, 1.54) is 17.3 Å². The third-order valence-corrected chi connectivity index (χ3v) is 2.68. The molecule has 0 aliphatic rings. The first kappa shape index (κ1) is 9.48. The summed E-state index contributed by atoms with van der Waals surface area (Å²) in [5, 5.41) is 7.02. The lowest BCUT2D eigenvalue weighted by Gasteiger charge is -1.96. The van der Waals surface area contributed by atoms with Crippen molar-refractivity contribution in [3.05, 3.63) is 34.7 Å². The summed E-state index contributed by atoms with van der Waals surface area (Å²) in [5.74, 6) is 0. The second-order valence-electron chi connectivity index (χ2n) is 2.79. The summed E-state index contributed by atoms with van der Waals surface area (Å²) in [4.78, 5) is 1.39. The van der Waals surface area contributed by atoms with Gasteiger partial charge in [0.25, 0.3) is 10.1 Å². The molecule has 0 radical (unpaired) electrons. The molecule has 5 heteroatoms. The normalized spacial score (nSPS) is 10.4. The van der Waals surface area contributed by atoms with E-state index in [0.717, 1.165) is 4.90 Å². The van der Waals surface area contributed by atoms with Crippen LogP contribution in [0, 0.1) is 11.8 Å². The third-order valence-electron chi connectivity index (χ3n) is 1.64. The minimum atomic E-state index is 0.305. The van der Waals surface area contributed by atoms with Crippen molar-refractivity contribution < 1.29 is 4.42 Å². The number of rotatable bonds is 2. The Balaban J connectivity index is 2.19. The monoisotopic (exact) mass is 224 g/mol. The molecule has 0 saturated carbocycles. The molecule has 1 aromatic heterocycles. The molecule has 1 heterocycles. The van der Waals surface area contributed by atoms with Crippen LogP contribution >= 0.6 is 24.0 Å². The van der Waals surface area contributed by atoms with Crippen molar-refractivity contribution in [1.82, 2.24) is 10.2 Å². The molecule has 72 valence electrons. The maximum Gasteiger partial charge on any atom is 0.284 e. The Morgan fingerprint density at radius 3 is 2.64 bits per heavy atom. The van der Waals surface area contributed by atoms with E-state index in [9.17, 15) is 0 Å². The van der Waals surface area contributed by atoms with E-state index in [-0.39, 0.29) is 0 Å². The maximum atomic E-state index is 5.13. The van der Waals surface area contributed by atoms with Crippen LogP contribution in [0.2, 0.25) is 0 Å². The van der Waals surface area contributed by atoms with E-state index in [1.54, 1.807) is 0 Å². The van der Waals surface area contributed by atoms with Gasteiger partial charge in [-0.05, 0) is 43.0 Å². The first-order valence-electron chi connectivity index (χ1n) is 4.04. The van der Waals surface area contributed by atoms with Crippen LogP contribution in [-0.4, -0.2) is 10.2 Å². The lowest BCUT2D eigenvalue weighted by Crippen LogP contribution is -1.74. The summed E-state index contributed by atoms with van der Waals surface area (Å²) in [5.41, 5.74) is 1.23. The average Bonchev–Trinajstić information content (AvgIpc) is 2.56. The van der Waals surface area contributed by atoms with Gasteiger partial charge in [0.05, 0.1) is 0 Å². The number of aryl methyl sites for hydroxylation is 1. The zero-order valence-corrected chi connectivity index (χ0v) is 9.11. The van der Waals surface area contributed by atoms with Crippen molar-refractivity contribution in [2.24, 2.45) is 0 Å². The van der Waals surface area contributed by atoms with Crippen molar-refractivity contribution in [2.75, 3.05) is 0 Å². The largest absolute Gasteiger partial charge is 0.404 e. The molecule has 0 atom stereocenters. The van der Waals surface area contributed by atoms with Crippen LogP contribution in [0.5, 0.6) is 0 Å². The fourth-order valence-electron chi connectivity index (χ4n) is 0.967. The molecule has 0 aliphatic heterocycles. The fraction of sp³-hybridized carbons (Fsp3) is 0.111. The molecule has 1 aromatic carbocycles. The summed E-state index contributed by atoms with van der Waals surface area (Å²) < 4.78 is 5.13. The summed E-state index contributed by atoms with van der Waals surface area (Å²) in [6.45, 7) is 2.05.